The third-order valence-corrected chi connectivity index (χ3v) is 6.19. The summed E-state index contributed by atoms with van der Waals surface area (Å²) in [5, 5.41) is 0. The van der Waals surface area contributed by atoms with Crippen LogP contribution in [0.3, 0.4) is 0 Å². The van der Waals surface area contributed by atoms with E-state index in [4.69, 9.17) is 4.74 Å². The Balaban J connectivity index is 2.17. The lowest BCUT2D eigenvalue weighted by Crippen LogP contribution is -2.28. The minimum absolute atomic E-state index is 0.318. The maximum Gasteiger partial charge on any atom is 0.328 e. The van der Waals surface area contributed by atoms with Crippen LogP contribution in [-0.4, -0.2) is 23.6 Å². The summed E-state index contributed by atoms with van der Waals surface area (Å²) in [6, 6.07) is 13.1. The Labute approximate surface area is 181 Å². The van der Waals surface area contributed by atoms with Crippen LogP contribution in [0, 0.1) is 6.92 Å². The topological polar surface area (TPSA) is 60.7 Å². The number of carbonyl (C=O) groups is 2. The highest BCUT2D eigenvalue weighted by atomic mass is 32.1. The normalized spacial score (nSPS) is 12.9. The van der Waals surface area contributed by atoms with Gasteiger partial charge >= 0.3 is 5.97 Å². The number of unbranched alkanes of at least 4 members (excludes halogenated alkanes) is 1. The summed E-state index contributed by atoms with van der Waals surface area (Å²) in [5.41, 5.74) is 3.76. The molecule has 0 aliphatic carbocycles. The molecular weight excluding hydrogens is 396 g/mol. The Morgan fingerprint density at radius 1 is 1.13 bits per heavy atom. The molecule has 0 spiro atoms. The van der Waals surface area contributed by atoms with Crippen molar-refractivity contribution in [3.63, 3.8) is 0 Å². The van der Waals surface area contributed by atoms with Crippen molar-refractivity contribution in [3.05, 3.63) is 64.0 Å². The first-order valence-corrected chi connectivity index (χ1v) is 11.2. The van der Waals surface area contributed by atoms with Crippen molar-refractivity contribution in [1.82, 2.24) is 4.57 Å². The van der Waals surface area contributed by atoms with Gasteiger partial charge in [0.05, 0.1) is 17.3 Å². The first kappa shape index (κ1) is 22.0. The summed E-state index contributed by atoms with van der Waals surface area (Å²) < 4.78 is 7.89. The zero-order valence-corrected chi connectivity index (χ0v) is 18.8. The van der Waals surface area contributed by atoms with Gasteiger partial charge in [0.2, 0.25) is 0 Å². The van der Waals surface area contributed by atoms with E-state index in [1.807, 2.05) is 36.6 Å². The molecule has 30 heavy (non-hydrogen) atoms. The first-order chi connectivity index (χ1) is 14.5. The summed E-state index contributed by atoms with van der Waals surface area (Å²) >= 11 is 1.44. The average molecular weight is 425 g/mol. The summed E-state index contributed by atoms with van der Waals surface area (Å²) in [7, 11) is 1.39. The van der Waals surface area contributed by atoms with E-state index in [1.54, 1.807) is 12.1 Å². The first-order valence-electron chi connectivity index (χ1n) is 10.4. The van der Waals surface area contributed by atoms with Crippen LogP contribution in [-0.2, 0) is 16.0 Å². The third kappa shape index (κ3) is 4.70. The number of thiazole rings is 1. The molecule has 5 nitrogen and oxygen atoms in total. The minimum Gasteiger partial charge on any atom is -0.467 e. The van der Waals surface area contributed by atoms with E-state index in [1.165, 1.54) is 24.0 Å². The van der Waals surface area contributed by atoms with E-state index in [-0.39, 0.29) is 11.9 Å². The van der Waals surface area contributed by atoms with Gasteiger partial charge in [0.25, 0.3) is 5.91 Å². The fourth-order valence-electron chi connectivity index (χ4n) is 3.44. The molecule has 158 valence electrons. The van der Waals surface area contributed by atoms with Gasteiger partial charge in [-0.25, -0.2) is 4.79 Å². The molecule has 1 heterocycles. The van der Waals surface area contributed by atoms with E-state index in [9.17, 15) is 9.59 Å². The standard InChI is InChI=1S/C24H28N2O3S/c1-5-7-8-17-11-14-20-21(15-17)30-24(26(20)19(6-2)23(28)29-4)25-22(27)18-12-9-16(3)10-13-18/h9-15,19H,5-8H2,1-4H3. The molecule has 0 radical (unpaired) electrons. The van der Waals surface area contributed by atoms with E-state index in [0.717, 1.165) is 35.0 Å². The zero-order valence-electron chi connectivity index (χ0n) is 18.0. The minimum atomic E-state index is -0.533. The number of aromatic nitrogens is 1. The van der Waals surface area contributed by atoms with Gasteiger partial charge in [-0.3, -0.25) is 4.79 Å². The summed E-state index contributed by atoms with van der Waals surface area (Å²) in [5.74, 6) is -0.655. The van der Waals surface area contributed by atoms with Crippen LogP contribution in [0.25, 0.3) is 10.2 Å². The van der Waals surface area contributed by atoms with Crippen LogP contribution >= 0.6 is 11.3 Å². The molecule has 0 saturated carbocycles. The van der Waals surface area contributed by atoms with E-state index in [2.05, 4.69) is 24.0 Å². The zero-order chi connectivity index (χ0) is 21.7. The largest absolute Gasteiger partial charge is 0.467 e. The Bertz CT molecular complexity index is 1110. The van der Waals surface area contributed by atoms with E-state index in [0.29, 0.717) is 16.8 Å². The monoisotopic (exact) mass is 424 g/mol. The van der Waals surface area contributed by atoms with Crippen molar-refractivity contribution < 1.29 is 14.3 Å². The van der Waals surface area contributed by atoms with Crippen molar-refractivity contribution >= 4 is 33.4 Å². The maximum atomic E-state index is 12.8. The van der Waals surface area contributed by atoms with Gasteiger partial charge in [0.15, 0.2) is 4.80 Å². The van der Waals surface area contributed by atoms with Crippen molar-refractivity contribution in [2.24, 2.45) is 4.99 Å². The van der Waals surface area contributed by atoms with Gasteiger partial charge in [-0.15, -0.1) is 0 Å². The molecule has 6 heteroatoms. The van der Waals surface area contributed by atoms with Gasteiger partial charge in [-0.1, -0.05) is 55.4 Å². The number of fused-ring (bicyclic) bond motifs is 1. The van der Waals surface area contributed by atoms with Crippen LogP contribution in [0.2, 0.25) is 0 Å². The Morgan fingerprint density at radius 3 is 2.50 bits per heavy atom. The predicted octanol–water partition coefficient (Wildman–Crippen LogP) is 5.22. The second-order valence-corrected chi connectivity index (χ2v) is 8.40. The number of aryl methyl sites for hydroxylation is 2. The highest BCUT2D eigenvalue weighted by molar-refractivity contribution is 7.16. The molecule has 0 bridgehead atoms. The van der Waals surface area contributed by atoms with E-state index < -0.39 is 6.04 Å². The second-order valence-electron chi connectivity index (χ2n) is 7.39. The quantitative estimate of drug-likeness (QED) is 0.489. The number of hydrogen-bond donors (Lipinski definition) is 0. The molecule has 3 aromatic rings. The number of nitrogens with zero attached hydrogens (tertiary/aromatic N) is 2. The maximum absolute atomic E-state index is 12.8. The molecular formula is C24H28N2O3S. The molecule has 0 aliphatic heterocycles. The molecule has 0 saturated heterocycles. The molecule has 0 aliphatic rings. The van der Waals surface area contributed by atoms with Crippen LogP contribution < -0.4 is 4.80 Å². The number of esters is 1. The van der Waals surface area contributed by atoms with Crippen molar-refractivity contribution in [2.75, 3.05) is 7.11 Å². The number of methoxy groups -OCH3 is 1. The predicted molar refractivity (Wildman–Crippen MR) is 121 cm³/mol. The van der Waals surface area contributed by atoms with Gasteiger partial charge in [-0.05, 0) is 56.0 Å². The lowest BCUT2D eigenvalue weighted by atomic mass is 10.1. The van der Waals surface area contributed by atoms with Crippen molar-refractivity contribution in [2.45, 2.75) is 52.5 Å². The van der Waals surface area contributed by atoms with Crippen LogP contribution in [0.1, 0.15) is 60.6 Å². The van der Waals surface area contributed by atoms with Gasteiger partial charge < -0.3 is 9.30 Å². The SMILES string of the molecule is CCCCc1ccc2c(c1)sc(=NC(=O)c1ccc(C)cc1)n2C(CC)C(=O)OC. The summed E-state index contributed by atoms with van der Waals surface area (Å²) in [4.78, 5) is 30.2. The summed E-state index contributed by atoms with van der Waals surface area (Å²) in [6.07, 6.45) is 3.81. The fourth-order valence-corrected chi connectivity index (χ4v) is 4.57. The lowest BCUT2D eigenvalue weighted by molar-refractivity contribution is -0.144. The van der Waals surface area contributed by atoms with Crippen molar-refractivity contribution in [1.29, 1.82) is 0 Å². The molecule has 1 atom stereocenters. The fraction of sp³-hybridized carbons (Fsp3) is 0.375. The van der Waals surface area contributed by atoms with Crippen LogP contribution in [0.4, 0.5) is 0 Å². The number of carbonyl (C=O) groups excluding carboxylic acids is 2. The summed E-state index contributed by atoms with van der Waals surface area (Å²) in [6.45, 7) is 6.08. The lowest BCUT2D eigenvalue weighted by Gasteiger charge is -2.15. The van der Waals surface area contributed by atoms with Gasteiger partial charge in [0, 0.05) is 5.56 Å². The number of amides is 1. The highest BCUT2D eigenvalue weighted by Gasteiger charge is 2.23. The highest BCUT2D eigenvalue weighted by Crippen LogP contribution is 2.25. The molecule has 0 N–H and O–H groups in total. The van der Waals surface area contributed by atoms with Crippen molar-refractivity contribution in [3.8, 4) is 0 Å². The second kappa shape index (κ2) is 9.85. The average Bonchev–Trinajstić information content (AvgIpc) is 3.10. The Morgan fingerprint density at radius 2 is 1.87 bits per heavy atom. The van der Waals surface area contributed by atoms with Crippen LogP contribution in [0.5, 0.6) is 0 Å². The molecule has 0 fully saturated rings. The third-order valence-electron chi connectivity index (χ3n) is 5.18. The number of ether oxygens (including phenoxy) is 1. The molecule has 3 rings (SSSR count). The molecule has 1 unspecified atom stereocenters. The number of benzene rings is 2. The smallest absolute Gasteiger partial charge is 0.328 e. The number of hydrogen-bond acceptors (Lipinski definition) is 4. The van der Waals surface area contributed by atoms with Gasteiger partial charge in [0.1, 0.15) is 6.04 Å². The molecule has 2 aromatic carbocycles. The Hall–Kier alpha value is -2.73. The van der Waals surface area contributed by atoms with E-state index >= 15 is 0 Å². The van der Waals surface area contributed by atoms with Crippen LogP contribution in [0.15, 0.2) is 47.5 Å². The Kier molecular flexibility index (Phi) is 7.21. The molecule has 1 aromatic heterocycles. The molecule has 1 amide bonds. The van der Waals surface area contributed by atoms with Gasteiger partial charge in [-0.2, -0.15) is 4.99 Å². The number of rotatable bonds is 7.